The van der Waals surface area contributed by atoms with E-state index in [-0.39, 0.29) is 30.9 Å². The zero-order valence-electron chi connectivity index (χ0n) is 15.8. The smallest absolute Gasteiger partial charge is 0.265 e. The first-order valence-electron chi connectivity index (χ1n) is 9.04. The Hall–Kier alpha value is -3.53. The molecule has 7 nitrogen and oxygen atoms in total. The summed E-state index contributed by atoms with van der Waals surface area (Å²) in [7, 11) is 0. The van der Waals surface area contributed by atoms with E-state index in [4.69, 9.17) is 14.7 Å². The lowest BCUT2D eigenvalue weighted by atomic mass is 10.1. The average molecular weight is 379 g/mol. The van der Waals surface area contributed by atoms with Crippen LogP contribution in [-0.4, -0.2) is 31.1 Å². The molecule has 1 N–H and O–H groups in total. The topological polar surface area (TPSA) is 91.7 Å². The minimum Gasteiger partial charge on any atom is -0.490 e. The maximum Gasteiger partial charge on any atom is 0.265 e. The lowest BCUT2D eigenvalue weighted by molar-refractivity contribution is -0.121. The van der Waals surface area contributed by atoms with Crippen molar-refractivity contribution in [3.05, 3.63) is 48.0 Å². The molecule has 28 heavy (non-hydrogen) atoms. The number of ether oxygens (including phenoxy) is 2. The zero-order chi connectivity index (χ0) is 20.1. The molecule has 0 unspecified atom stereocenters. The van der Waals surface area contributed by atoms with E-state index in [9.17, 15) is 9.59 Å². The lowest BCUT2D eigenvalue weighted by Gasteiger charge is -2.27. The molecular weight excluding hydrogens is 358 g/mol. The van der Waals surface area contributed by atoms with Gasteiger partial charge in [-0.15, -0.1) is 0 Å². The number of anilines is 2. The Labute approximate surface area is 163 Å². The molecule has 1 heterocycles. The van der Waals surface area contributed by atoms with E-state index in [2.05, 4.69) is 5.32 Å². The van der Waals surface area contributed by atoms with Gasteiger partial charge in [-0.1, -0.05) is 12.1 Å². The third kappa shape index (κ3) is 4.07. The molecule has 0 spiro atoms. The molecule has 0 aliphatic carbocycles. The summed E-state index contributed by atoms with van der Waals surface area (Å²) >= 11 is 0. The van der Waals surface area contributed by atoms with Crippen LogP contribution in [0.15, 0.2) is 42.5 Å². The number of para-hydroxylation sites is 2. The third-order valence-electron chi connectivity index (χ3n) is 4.35. The van der Waals surface area contributed by atoms with E-state index < -0.39 is 0 Å². The number of fused-ring (bicyclic) bond motifs is 1. The molecule has 7 heteroatoms. The van der Waals surface area contributed by atoms with Crippen molar-refractivity contribution >= 4 is 23.2 Å². The van der Waals surface area contributed by atoms with Crippen molar-refractivity contribution in [3.8, 4) is 17.6 Å². The van der Waals surface area contributed by atoms with Crippen LogP contribution < -0.4 is 19.7 Å². The van der Waals surface area contributed by atoms with Gasteiger partial charge in [0.2, 0.25) is 5.91 Å². The second kappa shape index (κ2) is 8.44. The number of benzene rings is 2. The average Bonchev–Trinajstić information content (AvgIpc) is 2.81. The molecule has 1 atom stereocenters. The van der Waals surface area contributed by atoms with Crippen LogP contribution in [0.1, 0.15) is 25.8 Å². The van der Waals surface area contributed by atoms with Crippen LogP contribution in [0.5, 0.6) is 11.5 Å². The molecule has 0 bridgehead atoms. The first-order valence-corrected chi connectivity index (χ1v) is 9.04. The molecule has 1 aliphatic rings. The molecule has 0 saturated carbocycles. The lowest BCUT2D eigenvalue weighted by Crippen LogP contribution is -2.41. The summed E-state index contributed by atoms with van der Waals surface area (Å²) in [4.78, 5) is 26.6. The van der Waals surface area contributed by atoms with E-state index in [0.29, 0.717) is 35.0 Å². The molecule has 3 rings (SSSR count). The van der Waals surface area contributed by atoms with Crippen LogP contribution >= 0.6 is 0 Å². The van der Waals surface area contributed by atoms with Crippen molar-refractivity contribution in [1.29, 1.82) is 5.26 Å². The van der Waals surface area contributed by atoms with Crippen molar-refractivity contribution in [2.75, 3.05) is 23.4 Å². The molecule has 0 saturated heterocycles. The summed E-state index contributed by atoms with van der Waals surface area (Å²) in [6.07, 6.45) is 0.196. The van der Waals surface area contributed by atoms with Gasteiger partial charge in [-0.25, -0.2) is 0 Å². The van der Waals surface area contributed by atoms with Gasteiger partial charge in [0.15, 0.2) is 18.1 Å². The van der Waals surface area contributed by atoms with Gasteiger partial charge in [-0.3, -0.25) is 9.59 Å². The molecule has 144 valence electrons. The SMILES string of the molecule is CCOc1cc(C#N)ccc1OCC(=O)N1c2ccccc2NC(=O)C[C@H]1C. The number of nitrogens with one attached hydrogen (secondary N) is 1. The Bertz CT molecular complexity index is 935. The molecule has 0 fully saturated rings. The number of carbonyl (C=O) groups is 2. The highest BCUT2D eigenvalue weighted by Crippen LogP contribution is 2.32. The van der Waals surface area contributed by atoms with E-state index >= 15 is 0 Å². The minimum absolute atomic E-state index is 0.137. The number of amides is 2. The Morgan fingerprint density at radius 1 is 1.25 bits per heavy atom. The number of carbonyl (C=O) groups excluding carboxylic acids is 2. The Morgan fingerprint density at radius 3 is 2.79 bits per heavy atom. The second-order valence-electron chi connectivity index (χ2n) is 6.38. The fraction of sp³-hybridized carbons (Fsp3) is 0.286. The third-order valence-corrected chi connectivity index (χ3v) is 4.35. The van der Waals surface area contributed by atoms with E-state index in [1.54, 1.807) is 41.3 Å². The first-order chi connectivity index (χ1) is 13.5. The van der Waals surface area contributed by atoms with Gasteiger partial charge in [0.25, 0.3) is 5.91 Å². The summed E-state index contributed by atoms with van der Waals surface area (Å²) in [6.45, 7) is 3.84. The van der Waals surface area contributed by atoms with Crippen molar-refractivity contribution < 1.29 is 19.1 Å². The normalized spacial score (nSPS) is 15.7. The second-order valence-corrected chi connectivity index (χ2v) is 6.38. The van der Waals surface area contributed by atoms with Crippen molar-refractivity contribution in [3.63, 3.8) is 0 Å². The monoisotopic (exact) mass is 379 g/mol. The van der Waals surface area contributed by atoms with Gasteiger partial charge in [0.05, 0.1) is 29.6 Å². The highest BCUT2D eigenvalue weighted by Gasteiger charge is 2.29. The Morgan fingerprint density at radius 2 is 2.04 bits per heavy atom. The summed E-state index contributed by atoms with van der Waals surface area (Å²) in [5, 5.41) is 11.9. The van der Waals surface area contributed by atoms with Crippen LogP contribution in [0, 0.1) is 11.3 Å². The van der Waals surface area contributed by atoms with Crippen molar-refractivity contribution in [2.24, 2.45) is 0 Å². The van der Waals surface area contributed by atoms with Gasteiger partial charge in [0, 0.05) is 18.5 Å². The molecule has 2 aromatic carbocycles. The van der Waals surface area contributed by atoms with Crippen molar-refractivity contribution in [1.82, 2.24) is 0 Å². The number of nitriles is 1. The number of nitrogens with zero attached hydrogens (tertiary/aromatic N) is 2. The zero-order valence-corrected chi connectivity index (χ0v) is 15.8. The maximum atomic E-state index is 13.0. The quantitative estimate of drug-likeness (QED) is 0.862. The molecular formula is C21H21N3O4. The van der Waals surface area contributed by atoms with Gasteiger partial charge in [-0.2, -0.15) is 5.26 Å². The van der Waals surface area contributed by atoms with Crippen LogP contribution in [0.2, 0.25) is 0 Å². The van der Waals surface area contributed by atoms with Crippen LogP contribution in [-0.2, 0) is 9.59 Å². The van der Waals surface area contributed by atoms with Crippen LogP contribution in [0.25, 0.3) is 0 Å². The highest BCUT2D eigenvalue weighted by atomic mass is 16.5. The van der Waals surface area contributed by atoms with Gasteiger partial charge in [-0.05, 0) is 38.1 Å². The summed E-state index contributed by atoms with van der Waals surface area (Å²) in [5.74, 6) is 0.389. The Balaban J connectivity index is 1.82. The molecule has 0 aromatic heterocycles. The first kappa shape index (κ1) is 19.2. The minimum atomic E-state index is -0.313. The van der Waals surface area contributed by atoms with Crippen LogP contribution in [0.3, 0.4) is 0 Å². The number of hydrogen-bond acceptors (Lipinski definition) is 5. The molecule has 1 aliphatic heterocycles. The summed E-state index contributed by atoms with van der Waals surface area (Å²) in [5.41, 5.74) is 1.68. The predicted molar refractivity (Wildman–Crippen MR) is 104 cm³/mol. The summed E-state index contributed by atoms with van der Waals surface area (Å²) in [6, 6.07) is 13.7. The number of hydrogen-bond donors (Lipinski definition) is 1. The number of rotatable bonds is 5. The van der Waals surface area contributed by atoms with E-state index in [1.165, 1.54) is 0 Å². The van der Waals surface area contributed by atoms with Crippen molar-refractivity contribution in [2.45, 2.75) is 26.3 Å². The van der Waals surface area contributed by atoms with E-state index in [1.807, 2.05) is 26.0 Å². The van der Waals surface area contributed by atoms with Gasteiger partial charge < -0.3 is 19.7 Å². The van der Waals surface area contributed by atoms with Gasteiger partial charge in [0.1, 0.15) is 0 Å². The van der Waals surface area contributed by atoms with Gasteiger partial charge >= 0.3 is 0 Å². The fourth-order valence-corrected chi connectivity index (χ4v) is 3.14. The Kier molecular flexibility index (Phi) is 5.80. The van der Waals surface area contributed by atoms with E-state index in [0.717, 1.165) is 0 Å². The summed E-state index contributed by atoms with van der Waals surface area (Å²) < 4.78 is 11.2. The largest absolute Gasteiger partial charge is 0.490 e. The molecule has 2 amide bonds. The van der Waals surface area contributed by atoms with Crippen LogP contribution in [0.4, 0.5) is 11.4 Å². The molecule has 2 aromatic rings. The molecule has 0 radical (unpaired) electrons. The highest BCUT2D eigenvalue weighted by molar-refractivity contribution is 6.04. The standard InChI is InChI=1S/C21H21N3O4/c1-3-27-19-11-15(12-22)8-9-18(19)28-13-21(26)24-14(2)10-20(25)23-16-6-4-5-7-17(16)24/h4-9,11,14H,3,10,13H2,1-2H3,(H,23,25)/t14-/m1/s1. The predicted octanol–water partition coefficient (Wildman–Crippen LogP) is 3.10. The fourth-order valence-electron chi connectivity index (χ4n) is 3.14. The maximum absolute atomic E-state index is 13.0.